The van der Waals surface area contributed by atoms with Gasteiger partial charge in [-0.05, 0) is 43.4 Å². The topological polar surface area (TPSA) is 44.5 Å². The lowest BCUT2D eigenvalue weighted by atomic mass is 9.76. The highest BCUT2D eigenvalue weighted by atomic mass is 16.5. The first-order valence-electron chi connectivity index (χ1n) is 6.15. The predicted molar refractivity (Wildman–Crippen MR) is 68.1 cm³/mol. The van der Waals surface area contributed by atoms with Crippen molar-refractivity contribution >= 4 is 0 Å². The number of rotatable bonds is 3. The van der Waals surface area contributed by atoms with E-state index in [4.69, 9.17) is 15.2 Å². The molecule has 0 bridgehead atoms. The van der Waals surface area contributed by atoms with Crippen LogP contribution >= 0.6 is 0 Å². The van der Waals surface area contributed by atoms with E-state index in [-0.39, 0.29) is 5.54 Å². The van der Waals surface area contributed by atoms with Gasteiger partial charge in [-0.3, -0.25) is 0 Å². The molecule has 3 nitrogen and oxygen atoms in total. The van der Waals surface area contributed by atoms with E-state index < -0.39 is 0 Å². The summed E-state index contributed by atoms with van der Waals surface area (Å²) in [7, 11) is 1.68. The number of ether oxygens (including phenoxy) is 2. The summed E-state index contributed by atoms with van der Waals surface area (Å²) in [5.74, 6) is 1.34. The fourth-order valence-electron chi connectivity index (χ4n) is 2.49. The molecule has 1 heterocycles. The standard InChI is InChI=1S/C14H21NO2/c1-14(15,11-6-8-17-9-7-11)12-4-3-5-13(10-12)16-2/h3-5,10-11H,6-9,15H2,1-2H3. The van der Waals surface area contributed by atoms with Crippen LogP contribution in [0, 0.1) is 5.92 Å². The molecule has 1 aromatic rings. The molecule has 1 fully saturated rings. The van der Waals surface area contributed by atoms with Gasteiger partial charge in [0.05, 0.1) is 7.11 Å². The van der Waals surface area contributed by atoms with Gasteiger partial charge >= 0.3 is 0 Å². The Morgan fingerprint density at radius 1 is 1.35 bits per heavy atom. The van der Waals surface area contributed by atoms with E-state index in [1.165, 1.54) is 0 Å². The van der Waals surface area contributed by atoms with Crippen LogP contribution in [0.25, 0.3) is 0 Å². The predicted octanol–water partition coefficient (Wildman–Crippen LogP) is 2.30. The maximum atomic E-state index is 6.53. The molecule has 2 rings (SSSR count). The minimum Gasteiger partial charge on any atom is -0.497 e. The zero-order valence-corrected chi connectivity index (χ0v) is 10.6. The minimum atomic E-state index is -0.307. The summed E-state index contributed by atoms with van der Waals surface area (Å²) in [4.78, 5) is 0. The Bertz CT molecular complexity index is 370. The van der Waals surface area contributed by atoms with Crippen LogP contribution in [0.15, 0.2) is 24.3 Å². The molecule has 1 saturated heterocycles. The highest BCUT2D eigenvalue weighted by Crippen LogP contribution is 2.34. The monoisotopic (exact) mass is 235 g/mol. The van der Waals surface area contributed by atoms with Crippen molar-refractivity contribution in [3.05, 3.63) is 29.8 Å². The Labute approximate surface area is 103 Å². The van der Waals surface area contributed by atoms with Gasteiger partial charge in [-0.15, -0.1) is 0 Å². The van der Waals surface area contributed by atoms with Crippen LogP contribution in [0.1, 0.15) is 25.3 Å². The van der Waals surface area contributed by atoms with E-state index in [0.29, 0.717) is 5.92 Å². The van der Waals surface area contributed by atoms with Crippen molar-refractivity contribution in [1.29, 1.82) is 0 Å². The lowest BCUT2D eigenvalue weighted by molar-refractivity contribution is 0.0411. The highest BCUT2D eigenvalue weighted by molar-refractivity contribution is 5.33. The third kappa shape index (κ3) is 2.61. The number of methoxy groups -OCH3 is 1. The number of nitrogens with two attached hydrogens (primary N) is 1. The minimum absolute atomic E-state index is 0.307. The molecule has 1 atom stereocenters. The second kappa shape index (κ2) is 5.07. The van der Waals surface area contributed by atoms with Gasteiger partial charge in [0, 0.05) is 18.8 Å². The van der Waals surface area contributed by atoms with Crippen molar-refractivity contribution in [1.82, 2.24) is 0 Å². The fraction of sp³-hybridized carbons (Fsp3) is 0.571. The van der Waals surface area contributed by atoms with Crippen molar-refractivity contribution in [2.45, 2.75) is 25.3 Å². The van der Waals surface area contributed by atoms with Crippen molar-refractivity contribution in [2.75, 3.05) is 20.3 Å². The second-order valence-corrected chi connectivity index (χ2v) is 4.90. The van der Waals surface area contributed by atoms with E-state index in [1.807, 2.05) is 18.2 Å². The van der Waals surface area contributed by atoms with E-state index in [0.717, 1.165) is 37.4 Å². The first-order valence-corrected chi connectivity index (χ1v) is 6.15. The molecule has 0 aromatic heterocycles. The van der Waals surface area contributed by atoms with Crippen LogP contribution in [-0.2, 0) is 10.3 Å². The molecule has 0 spiro atoms. The lowest BCUT2D eigenvalue weighted by Gasteiger charge is -2.37. The quantitative estimate of drug-likeness (QED) is 0.874. The van der Waals surface area contributed by atoms with E-state index in [1.54, 1.807) is 7.11 Å². The van der Waals surface area contributed by atoms with Crippen LogP contribution in [0.4, 0.5) is 0 Å². The summed E-state index contributed by atoms with van der Waals surface area (Å²) in [6.45, 7) is 3.75. The normalized spacial score (nSPS) is 20.9. The van der Waals surface area contributed by atoms with Gasteiger partial charge in [-0.1, -0.05) is 12.1 Å². The molecule has 3 heteroatoms. The smallest absolute Gasteiger partial charge is 0.119 e. The summed E-state index contributed by atoms with van der Waals surface area (Å²) in [5, 5.41) is 0. The Morgan fingerprint density at radius 3 is 2.71 bits per heavy atom. The van der Waals surface area contributed by atoms with Crippen LogP contribution < -0.4 is 10.5 Å². The van der Waals surface area contributed by atoms with E-state index in [9.17, 15) is 0 Å². The zero-order chi connectivity index (χ0) is 12.3. The van der Waals surface area contributed by atoms with Gasteiger partial charge in [0.2, 0.25) is 0 Å². The summed E-state index contributed by atoms with van der Waals surface area (Å²) < 4.78 is 10.7. The molecule has 17 heavy (non-hydrogen) atoms. The first kappa shape index (κ1) is 12.4. The Hall–Kier alpha value is -1.06. The van der Waals surface area contributed by atoms with Crippen molar-refractivity contribution in [3.8, 4) is 5.75 Å². The third-order valence-corrected chi connectivity index (χ3v) is 3.76. The Kier molecular flexibility index (Phi) is 3.69. The molecule has 0 aliphatic carbocycles. The van der Waals surface area contributed by atoms with Gasteiger partial charge in [-0.2, -0.15) is 0 Å². The number of hydrogen-bond acceptors (Lipinski definition) is 3. The van der Waals surface area contributed by atoms with Crippen LogP contribution in [0.5, 0.6) is 5.75 Å². The summed E-state index contributed by atoms with van der Waals surface area (Å²) in [5.41, 5.74) is 7.36. The highest BCUT2D eigenvalue weighted by Gasteiger charge is 2.33. The molecule has 1 aromatic carbocycles. The summed E-state index contributed by atoms with van der Waals surface area (Å²) in [6.07, 6.45) is 2.06. The molecule has 1 aliphatic heterocycles. The van der Waals surface area contributed by atoms with Gasteiger partial charge < -0.3 is 15.2 Å². The molecular formula is C14H21NO2. The third-order valence-electron chi connectivity index (χ3n) is 3.76. The van der Waals surface area contributed by atoms with Crippen LogP contribution in [0.2, 0.25) is 0 Å². The van der Waals surface area contributed by atoms with Crippen molar-refractivity contribution < 1.29 is 9.47 Å². The second-order valence-electron chi connectivity index (χ2n) is 4.90. The largest absolute Gasteiger partial charge is 0.497 e. The number of benzene rings is 1. The SMILES string of the molecule is COc1cccc(C(C)(N)C2CCOCC2)c1. The van der Waals surface area contributed by atoms with Crippen molar-refractivity contribution in [2.24, 2.45) is 11.7 Å². The van der Waals surface area contributed by atoms with Gasteiger partial charge in [0.25, 0.3) is 0 Å². The molecule has 94 valence electrons. The van der Waals surface area contributed by atoms with Gasteiger partial charge in [0.1, 0.15) is 5.75 Å². The van der Waals surface area contributed by atoms with Crippen LogP contribution in [-0.4, -0.2) is 20.3 Å². The molecule has 1 unspecified atom stereocenters. The summed E-state index contributed by atoms with van der Waals surface area (Å²) >= 11 is 0. The first-order chi connectivity index (χ1) is 8.14. The molecule has 0 amide bonds. The Morgan fingerprint density at radius 2 is 2.06 bits per heavy atom. The number of hydrogen-bond donors (Lipinski definition) is 1. The average molecular weight is 235 g/mol. The van der Waals surface area contributed by atoms with E-state index >= 15 is 0 Å². The van der Waals surface area contributed by atoms with Gasteiger partial charge in [-0.25, -0.2) is 0 Å². The molecule has 0 radical (unpaired) electrons. The summed E-state index contributed by atoms with van der Waals surface area (Å²) in [6, 6.07) is 8.07. The average Bonchev–Trinajstić information content (AvgIpc) is 2.40. The van der Waals surface area contributed by atoms with Crippen molar-refractivity contribution in [3.63, 3.8) is 0 Å². The van der Waals surface area contributed by atoms with E-state index in [2.05, 4.69) is 13.0 Å². The maximum absolute atomic E-state index is 6.53. The van der Waals surface area contributed by atoms with Crippen LogP contribution in [0.3, 0.4) is 0 Å². The molecule has 2 N–H and O–H groups in total. The molecule has 1 aliphatic rings. The zero-order valence-electron chi connectivity index (χ0n) is 10.6. The Balaban J connectivity index is 2.22. The molecular weight excluding hydrogens is 214 g/mol. The lowest BCUT2D eigenvalue weighted by Crippen LogP contribution is -2.43. The van der Waals surface area contributed by atoms with Gasteiger partial charge in [0.15, 0.2) is 0 Å². The fourth-order valence-corrected chi connectivity index (χ4v) is 2.49. The maximum Gasteiger partial charge on any atom is 0.119 e. The molecule has 0 saturated carbocycles.